The summed E-state index contributed by atoms with van der Waals surface area (Å²) in [7, 11) is 0. The minimum Gasteiger partial charge on any atom is -0.319 e. The van der Waals surface area contributed by atoms with Gasteiger partial charge in [0.05, 0.1) is 5.69 Å². The molecule has 0 N–H and O–H groups in total. The van der Waals surface area contributed by atoms with Gasteiger partial charge in [-0.15, -0.1) is 0 Å². The van der Waals surface area contributed by atoms with Crippen molar-refractivity contribution in [2.75, 3.05) is 0 Å². The van der Waals surface area contributed by atoms with Crippen LogP contribution in [0.15, 0.2) is 72.9 Å². The fourth-order valence-electron chi connectivity index (χ4n) is 2.10. The van der Waals surface area contributed by atoms with Crippen LogP contribution in [0.2, 0.25) is 0 Å². The lowest BCUT2D eigenvalue weighted by atomic mass is 10.1. The second-order valence-corrected chi connectivity index (χ2v) is 4.94. The fraction of sp³-hybridized carbons (Fsp3) is 0.0588. The van der Waals surface area contributed by atoms with Crippen molar-refractivity contribution in [3.63, 3.8) is 0 Å². The summed E-state index contributed by atoms with van der Waals surface area (Å²) in [6.45, 7) is 0.752. The molecule has 0 amide bonds. The van der Waals surface area contributed by atoms with E-state index in [9.17, 15) is 0 Å². The molecule has 20 heavy (non-hydrogen) atoms. The molecule has 2 aromatic carbocycles. The van der Waals surface area contributed by atoms with E-state index in [1.807, 2.05) is 65.4 Å². The minimum absolute atomic E-state index is 0.607. The van der Waals surface area contributed by atoms with Crippen LogP contribution in [0.4, 0.5) is 0 Å². The summed E-state index contributed by atoms with van der Waals surface area (Å²) in [5.41, 5.74) is 3.23. The number of rotatable bonds is 3. The third-order valence-corrected chi connectivity index (χ3v) is 3.47. The van der Waals surface area contributed by atoms with E-state index in [2.05, 4.69) is 17.1 Å². The second-order valence-electron chi connectivity index (χ2n) is 4.57. The summed E-state index contributed by atoms with van der Waals surface area (Å²) < 4.78 is 2.59. The predicted octanol–water partition coefficient (Wildman–Crippen LogP) is 4.33. The Balaban J connectivity index is 1.91. The first-order chi connectivity index (χ1) is 9.83. The third kappa shape index (κ3) is 2.83. The standard InChI is InChI=1S/C17H14N2S/c20-17-18-16(15-9-5-2-6-10-15)11-12-19(17)13-14-7-3-1-4-8-14/h1-12H,13H2. The van der Waals surface area contributed by atoms with Gasteiger partial charge in [0.25, 0.3) is 0 Å². The van der Waals surface area contributed by atoms with Crippen LogP contribution in [0, 0.1) is 4.77 Å². The maximum absolute atomic E-state index is 5.39. The molecular formula is C17H14N2S. The molecule has 1 aromatic heterocycles. The molecular weight excluding hydrogens is 264 g/mol. The van der Waals surface area contributed by atoms with E-state index in [0.29, 0.717) is 4.77 Å². The van der Waals surface area contributed by atoms with Crippen LogP contribution < -0.4 is 0 Å². The van der Waals surface area contributed by atoms with Gasteiger partial charge in [-0.3, -0.25) is 0 Å². The quantitative estimate of drug-likeness (QED) is 0.664. The molecule has 1 heterocycles. The zero-order valence-electron chi connectivity index (χ0n) is 10.9. The van der Waals surface area contributed by atoms with Gasteiger partial charge in [-0.2, -0.15) is 0 Å². The zero-order chi connectivity index (χ0) is 13.8. The molecule has 3 rings (SSSR count). The topological polar surface area (TPSA) is 17.8 Å². The normalized spacial score (nSPS) is 10.4. The predicted molar refractivity (Wildman–Crippen MR) is 84.0 cm³/mol. The Morgan fingerprint density at radius 1 is 0.850 bits per heavy atom. The fourth-order valence-corrected chi connectivity index (χ4v) is 2.32. The van der Waals surface area contributed by atoms with Crippen molar-refractivity contribution < 1.29 is 0 Å². The molecule has 0 radical (unpaired) electrons. The zero-order valence-corrected chi connectivity index (χ0v) is 11.8. The highest BCUT2D eigenvalue weighted by atomic mass is 32.1. The van der Waals surface area contributed by atoms with Crippen molar-refractivity contribution in [1.29, 1.82) is 0 Å². The van der Waals surface area contributed by atoms with Crippen molar-refractivity contribution in [2.45, 2.75) is 6.54 Å². The number of aromatic nitrogens is 2. The van der Waals surface area contributed by atoms with Crippen LogP contribution in [0.25, 0.3) is 11.3 Å². The van der Waals surface area contributed by atoms with E-state index >= 15 is 0 Å². The van der Waals surface area contributed by atoms with Crippen molar-refractivity contribution in [3.8, 4) is 11.3 Å². The lowest BCUT2D eigenvalue weighted by molar-refractivity contribution is 0.753. The van der Waals surface area contributed by atoms with Gasteiger partial charge in [-0.1, -0.05) is 60.7 Å². The molecule has 0 bridgehead atoms. The molecule has 0 aliphatic heterocycles. The van der Waals surface area contributed by atoms with Crippen LogP contribution in [-0.2, 0) is 6.54 Å². The summed E-state index contributed by atoms with van der Waals surface area (Å²) in [6, 6.07) is 22.4. The molecule has 98 valence electrons. The van der Waals surface area contributed by atoms with Crippen LogP contribution in [-0.4, -0.2) is 9.55 Å². The lowest BCUT2D eigenvalue weighted by Gasteiger charge is -2.08. The van der Waals surface area contributed by atoms with Gasteiger partial charge in [-0.05, 0) is 23.8 Å². The molecule has 0 unspecified atom stereocenters. The number of nitrogens with zero attached hydrogens (tertiary/aromatic N) is 2. The first-order valence-corrected chi connectivity index (χ1v) is 6.90. The van der Waals surface area contributed by atoms with Crippen LogP contribution >= 0.6 is 12.2 Å². The molecule has 0 spiro atoms. The smallest absolute Gasteiger partial charge is 0.200 e. The Hall–Kier alpha value is -2.26. The highest BCUT2D eigenvalue weighted by molar-refractivity contribution is 7.71. The van der Waals surface area contributed by atoms with E-state index in [1.54, 1.807) is 0 Å². The maximum atomic E-state index is 5.39. The number of benzene rings is 2. The third-order valence-electron chi connectivity index (χ3n) is 3.14. The molecule has 2 nitrogen and oxygen atoms in total. The second kappa shape index (κ2) is 5.80. The van der Waals surface area contributed by atoms with Crippen LogP contribution in [0.3, 0.4) is 0 Å². The Bertz CT molecular complexity index is 749. The maximum Gasteiger partial charge on any atom is 0.200 e. The van der Waals surface area contributed by atoms with Crippen molar-refractivity contribution in [1.82, 2.24) is 9.55 Å². The first-order valence-electron chi connectivity index (χ1n) is 6.50. The van der Waals surface area contributed by atoms with E-state index < -0.39 is 0 Å². The molecule has 0 aliphatic rings. The van der Waals surface area contributed by atoms with Gasteiger partial charge in [0, 0.05) is 18.3 Å². The average molecular weight is 278 g/mol. The van der Waals surface area contributed by atoms with Gasteiger partial charge in [0.2, 0.25) is 0 Å². The minimum atomic E-state index is 0.607. The van der Waals surface area contributed by atoms with E-state index in [0.717, 1.165) is 17.8 Å². The van der Waals surface area contributed by atoms with Crippen LogP contribution in [0.5, 0.6) is 0 Å². The largest absolute Gasteiger partial charge is 0.319 e. The molecule has 0 fully saturated rings. The summed E-state index contributed by atoms with van der Waals surface area (Å²) in [6.07, 6.45) is 2.00. The van der Waals surface area contributed by atoms with Crippen molar-refractivity contribution >= 4 is 12.2 Å². The highest BCUT2D eigenvalue weighted by Gasteiger charge is 2.01. The molecule has 0 aliphatic carbocycles. The van der Waals surface area contributed by atoms with Crippen LogP contribution in [0.1, 0.15) is 5.56 Å². The molecule has 0 saturated carbocycles. The summed E-state index contributed by atoms with van der Waals surface area (Å²) in [4.78, 5) is 4.52. The molecule has 3 aromatic rings. The average Bonchev–Trinajstić information content (AvgIpc) is 2.51. The monoisotopic (exact) mass is 278 g/mol. The van der Waals surface area contributed by atoms with E-state index in [4.69, 9.17) is 12.2 Å². The molecule has 0 saturated heterocycles. The SMILES string of the molecule is S=c1nc(-c2ccccc2)ccn1Cc1ccccc1. The van der Waals surface area contributed by atoms with Crippen molar-refractivity contribution in [2.24, 2.45) is 0 Å². The van der Waals surface area contributed by atoms with E-state index in [1.165, 1.54) is 5.56 Å². The highest BCUT2D eigenvalue weighted by Crippen LogP contribution is 2.16. The summed E-state index contributed by atoms with van der Waals surface area (Å²) >= 11 is 5.39. The molecule has 3 heteroatoms. The Morgan fingerprint density at radius 3 is 2.15 bits per heavy atom. The number of hydrogen-bond donors (Lipinski definition) is 0. The Morgan fingerprint density at radius 2 is 1.50 bits per heavy atom. The van der Waals surface area contributed by atoms with Gasteiger partial charge >= 0.3 is 0 Å². The number of hydrogen-bond acceptors (Lipinski definition) is 2. The van der Waals surface area contributed by atoms with Gasteiger partial charge < -0.3 is 4.57 Å². The summed E-state index contributed by atoms with van der Waals surface area (Å²) in [5.74, 6) is 0. The molecule has 0 atom stereocenters. The van der Waals surface area contributed by atoms with E-state index in [-0.39, 0.29) is 0 Å². The van der Waals surface area contributed by atoms with Gasteiger partial charge in [-0.25, -0.2) is 4.98 Å². The lowest BCUT2D eigenvalue weighted by Crippen LogP contribution is -2.03. The Labute approximate surface area is 123 Å². The summed E-state index contributed by atoms with van der Waals surface area (Å²) in [5, 5.41) is 0. The van der Waals surface area contributed by atoms with Crippen molar-refractivity contribution in [3.05, 3.63) is 83.3 Å². The van der Waals surface area contributed by atoms with Gasteiger partial charge in [0.15, 0.2) is 4.77 Å². The van der Waals surface area contributed by atoms with Gasteiger partial charge in [0.1, 0.15) is 0 Å². The first kappa shape index (κ1) is 12.8. The Kier molecular flexibility index (Phi) is 3.70.